The van der Waals surface area contributed by atoms with E-state index in [4.69, 9.17) is 39.5 Å². The van der Waals surface area contributed by atoms with Gasteiger partial charge in [-0.15, -0.1) is 11.3 Å². The summed E-state index contributed by atoms with van der Waals surface area (Å²) in [4.78, 5) is 12.3. The van der Waals surface area contributed by atoms with E-state index < -0.39 is 33.9 Å². The third-order valence-electron chi connectivity index (χ3n) is 5.27. The minimum atomic E-state index is -3.90. The van der Waals surface area contributed by atoms with E-state index in [1.807, 2.05) is 0 Å². The first-order valence-electron chi connectivity index (χ1n) is 10.2. The summed E-state index contributed by atoms with van der Waals surface area (Å²) < 4.78 is 47.6. The summed E-state index contributed by atoms with van der Waals surface area (Å²) in [5, 5.41) is 7.63. The summed E-state index contributed by atoms with van der Waals surface area (Å²) in [5.41, 5.74) is 2.79. The monoisotopic (exact) mass is 577 g/mol. The van der Waals surface area contributed by atoms with Crippen molar-refractivity contribution in [1.82, 2.24) is 15.1 Å². The molecule has 4 rings (SSSR count). The second-order valence-corrected chi connectivity index (χ2v) is 12.6. The Morgan fingerprint density at radius 2 is 2.03 bits per heavy atom. The molecule has 0 unspecified atom stereocenters. The van der Waals surface area contributed by atoms with Gasteiger partial charge in [0, 0.05) is 21.2 Å². The standard InChI is InChI=1S/C22H19Cl3FN3O4S2/c1-12-4-20(34-22(12)25)35(31,32)11-19(30)27-7-18(26)16-10-33-9-14-6-28-29(21(14)16)8-13-2-3-15(23)5-17(13)24/h2-6H,7-11H2,1H3,(H,27,30)/b18-16-. The molecule has 1 N–H and O–H groups in total. The van der Waals surface area contributed by atoms with E-state index in [1.165, 1.54) is 6.07 Å². The number of nitrogens with zero attached hydrogens (tertiary/aromatic N) is 2. The summed E-state index contributed by atoms with van der Waals surface area (Å²) in [5.74, 6) is -2.31. The molecule has 2 aromatic heterocycles. The van der Waals surface area contributed by atoms with Gasteiger partial charge in [0.25, 0.3) is 0 Å². The minimum Gasteiger partial charge on any atom is -0.372 e. The number of fused-ring (bicyclic) bond motifs is 1. The van der Waals surface area contributed by atoms with Crippen LogP contribution in [0.3, 0.4) is 0 Å². The normalized spacial score (nSPS) is 15.1. The lowest BCUT2D eigenvalue weighted by Gasteiger charge is -2.20. The van der Waals surface area contributed by atoms with E-state index in [2.05, 4.69) is 10.4 Å². The molecule has 0 radical (unpaired) electrons. The number of halogens is 4. The number of nitrogens with one attached hydrogen (secondary N) is 1. The van der Waals surface area contributed by atoms with Crippen LogP contribution in [0.4, 0.5) is 4.39 Å². The van der Waals surface area contributed by atoms with Crippen LogP contribution in [0.25, 0.3) is 5.57 Å². The molecular formula is C22H19Cl3FN3O4S2. The average Bonchev–Trinajstić information content (AvgIpc) is 3.37. The number of carbonyl (C=O) groups is 1. The molecule has 1 aliphatic heterocycles. The highest BCUT2D eigenvalue weighted by molar-refractivity contribution is 7.94. The third-order valence-corrected chi connectivity index (χ3v) is 9.59. The zero-order valence-corrected chi connectivity index (χ0v) is 22.2. The molecule has 0 aliphatic carbocycles. The Hall–Kier alpha value is -1.95. The number of hydrogen-bond acceptors (Lipinski definition) is 6. The minimum absolute atomic E-state index is 0.0101. The molecule has 1 aliphatic rings. The van der Waals surface area contributed by atoms with Crippen LogP contribution in [-0.2, 0) is 32.5 Å². The van der Waals surface area contributed by atoms with Crippen molar-refractivity contribution in [2.45, 2.75) is 24.3 Å². The summed E-state index contributed by atoms with van der Waals surface area (Å²) in [6, 6.07) is 6.49. The van der Waals surface area contributed by atoms with Gasteiger partial charge in [-0.05, 0) is 36.2 Å². The second kappa shape index (κ2) is 10.6. The van der Waals surface area contributed by atoms with Gasteiger partial charge in [-0.2, -0.15) is 5.10 Å². The summed E-state index contributed by atoms with van der Waals surface area (Å²) in [6.45, 7) is 1.68. The molecule has 0 atom stereocenters. The number of sulfone groups is 1. The van der Waals surface area contributed by atoms with Gasteiger partial charge in [-0.25, -0.2) is 12.8 Å². The molecule has 0 spiro atoms. The molecular weight excluding hydrogens is 560 g/mol. The Labute approximate surface area is 220 Å². The Kier molecular flexibility index (Phi) is 7.89. The van der Waals surface area contributed by atoms with Crippen molar-refractivity contribution in [3.8, 4) is 0 Å². The maximum Gasteiger partial charge on any atom is 0.235 e. The maximum absolute atomic E-state index is 15.2. The van der Waals surface area contributed by atoms with Crippen LogP contribution in [0.15, 0.2) is 40.5 Å². The highest BCUT2D eigenvalue weighted by atomic mass is 35.5. The fourth-order valence-corrected chi connectivity index (χ4v) is 6.93. The van der Waals surface area contributed by atoms with E-state index in [-0.39, 0.29) is 29.5 Å². The quantitative estimate of drug-likeness (QED) is 0.423. The Morgan fingerprint density at radius 1 is 1.26 bits per heavy atom. The van der Waals surface area contributed by atoms with Crippen LogP contribution in [0.1, 0.15) is 22.4 Å². The molecule has 13 heteroatoms. The van der Waals surface area contributed by atoms with Gasteiger partial charge in [-0.3, -0.25) is 9.48 Å². The Bertz CT molecular complexity index is 1410. The second-order valence-electron chi connectivity index (χ2n) is 7.85. The van der Waals surface area contributed by atoms with Crippen molar-refractivity contribution < 1.29 is 22.3 Å². The highest BCUT2D eigenvalue weighted by Gasteiger charge is 2.26. The lowest BCUT2D eigenvalue weighted by atomic mass is 10.1. The predicted octanol–water partition coefficient (Wildman–Crippen LogP) is 5.06. The molecule has 35 heavy (non-hydrogen) atoms. The third kappa shape index (κ3) is 5.90. The Morgan fingerprint density at radius 3 is 2.71 bits per heavy atom. The van der Waals surface area contributed by atoms with E-state index in [9.17, 15) is 13.2 Å². The van der Waals surface area contributed by atoms with Crippen LogP contribution in [-0.4, -0.2) is 43.0 Å². The number of rotatable bonds is 7. The predicted molar refractivity (Wildman–Crippen MR) is 135 cm³/mol. The van der Waals surface area contributed by atoms with Gasteiger partial charge in [-0.1, -0.05) is 40.9 Å². The summed E-state index contributed by atoms with van der Waals surface area (Å²) in [7, 11) is -3.90. The largest absolute Gasteiger partial charge is 0.372 e. The molecule has 0 bridgehead atoms. The molecule has 3 aromatic rings. The zero-order valence-electron chi connectivity index (χ0n) is 18.3. The van der Waals surface area contributed by atoms with Gasteiger partial charge in [0.15, 0.2) is 9.84 Å². The van der Waals surface area contributed by atoms with Crippen molar-refractivity contribution in [1.29, 1.82) is 0 Å². The lowest BCUT2D eigenvalue weighted by molar-refractivity contribution is -0.118. The fraction of sp³-hybridized carbons (Fsp3) is 0.273. The van der Waals surface area contributed by atoms with Crippen molar-refractivity contribution in [3.63, 3.8) is 0 Å². The smallest absolute Gasteiger partial charge is 0.235 e. The van der Waals surface area contributed by atoms with Crippen LogP contribution < -0.4 is 5.32 Å². The number of benzene rings is 1. The van der Waals surface area contributed by atoms with Crippen molar-refractivity contribution in [2.24, 2.45) is 0 Å². The first kappa shape index (κ1) is 26.1. The molecule has 0 saturated carbocycles. The van der Waals surface area contributed by atoms with Crippen LogP contribution in [0.5, 0.6) is 0 Å². The summed E-state index contributed by atoms with van der Waals surface area (Å²) >= 11 is 19.1. The maximum atomic E-state index is 15.2. The Balaban J connectivity index is 1.50. The van der Waals surface area contributed by atoms with Crippen molar-refractivity contribution in [3.05, 3.63) is 73.1 Å². The van der Waals surface area contributed by atoms with Gasteiger partial charge in [0.1, 0.15) is 15.8 Å². The molecule has 0 fully saturated rings. The number of hydrogen-bond donors (Lipinski definition) is 1. The van der Waals surface area contributed by atoms with Gasteiger partial charge in [0.2, 0.25) is 5.91 Å². The van der Waals surface area contributed by atoms with Gasteiger partial charge in [0.05, 0.1) is 42.5 Å². The topological polar surface area (TPSA) is 90.3 Å². The van der Waals surface area contributed by atoms with Crippen LogP contribution in [0, 0.1) is 6.92 Å². The average molecular weight is 579 g/mol. The molecule has 3 heterocycles. The van der Waals surface area contributed by atoms with E-state index in [0.717, 1.165) is 16.9 Å². The summed E-state index contributed by atoms with van der Waals surface area (Å²) in [6.07, 6.45) is 1.59. The van der Waals surface area contributed by atoms with Gasteiger partial charge >= 0.3 is 0 Å². The number of aryl methyl sites for hydroxylation is 1. The zero-order chi connectivity index (χ0) is 25.3. The first-order valence-corrected chi connectivity index (χ1v) is 13.8. The molecule has 7 nitrogen and oxygen atoms in total. The highest BCUT2D eigenvalue weighted by Crippen LogP contribution is 2.32. The van der Waals surface area contributed by atoms with Crippen LogP contribution in [0.2, 0.25) is 14.4 Å². The molecule has 0 saturated heterocycles. The first-order chi connectivity index (χ1) is 16.5. The van der Waals surface area contributed by atoms with Crippen molar-refractivity contribution >= 4 is 67.5 Å². The van der Waals surface area contributed by atoms with E-state index in [0.29, 0.717) is 31.2 Å². The molecule has 1 amide bonds. The number of carbonyl (C=O) groups excluding carboxylic acids is 1. The fourth-order valence-electron chi connectivity index (χ4n) is 3.51. The number of aromatic nitrogens is 2. The van der Waals surface area contributed by atoms with E-state index >= 15 is 4.39 Å². The van der Waals surface area contributed by atoms with E-state index in [1.54, 1.807) is 36.0 Å². The lowest BCUT2D eigenvalue weighted by Crippen LogP contribution is -2.31. The van der Waals surface area contributed by atoms with Crippen LogP contribution >= 0.6 is 46.1 Å². The number of ether oxygens (including phenoxy) is 1. The SMILES string of the molecule is Cc1cc(S(=O)(=O)CC(=O)NC/C(F)=C2\COCc3cnn(Cc4ccc(Cl)cc4Cl)c32)sc1Cl. The molecule has 186 valence electrons. The molecule has 1 aromatic carbocycles. The van der Waals surface area contributed by atoms with Gasteiger partial charge < -0.3 is 10.1 Å². The van der Waals surface area contributed by atoms with Crippen molar-refractivity contribution in [2.75, 3.05) is 18.9 Å². The number of thiophene rings is 1. The number of amides is 1.